The molecule has 4 heterocycles. The van der Waals surface area contributed by atoms with Crippen molar-refractivity contribution in [3.05, 3.63) is 66.0 Å². The lowest BCUT2D eigenvalue weighted by Crippen LogP contribution is -2.15. The molecule has 6 nitrogen and oxygen atoms in total. The van der Waals surface area contributed by atoms with Gasteiger partial charge >= 0.3 is 0 Å². The topological polar surface area (TPSA) is 62.6 Å². The largest absolute Gasteiger partial charge is 0.328 e. The average molecular weight is 310 g/mol. The highest BCUT2D eigenvalue weighted by Crippen LogP contribution is 2.41. The third-order valence-corrected chi connectivity index (χ3v) is 4.63. The first-order chi connectivity index (χ1) is 10.8. The van der Waals surface area contributed by atoms with Crippen molar-refractivity contribution in [3.8, 4) is 5.69 Å². The van der Waals surface area contributed by atoms with Gasteiger partial charge in [-0.05, 0) is 24.0 Å². The van der Waals surface area contributed by atoms with Gasteiger partial charge in [-0.2, -0.15) is 10.2 Å². The Balaban J connectivity index is 1.67. The number of nitrogens with one attached hydrogen (secondary N) is 1. The van der Waals surface area contributed by atoms with Crippen LogP contribution < -0.4 is 4.90 Å². The quantitative estimate of drug-likeness (QED) is 0.805. The number of hydrogen-bond acceptors (Lipinski definition) is 5. The number of aryl methyl sites for hydroxylation is 1. The van der Waals surface area contributed by atoms with E-state index in [2.05, 4.69) is 36.8 Å². The van der Waals surface area contributed by atoms with Gasteiger partial charge in [-0.3, -0.25) is 10.1 Å². The van der Waals surface area contributed by atoms with Crippen LogP contribution in [-0.4, -0.2) is 25.0 Å². The van der Waals surface area contributed by atoms with E-state index in [1.165, 1.54) is 0 Å². The number of aromatic amines is 1. The van der Waals surface area contributed by atoms with Crippen LogP contribution in [0.4, 0.5) is 5.69 Å². The molecular weight excluding hydrogens is 296 g/mol. The first-order valence-corrected chi connectivity index (χ1v) is 7.82. The maximum absolute atomic E-state index is 4.49. The molecule has 1 aliphatic heterocycles. The summed E-state index contributed by atoms with van der Waals surface area (Å²) in [7, 11) is 0. The Bertz CT molecular complexity index is 807. The van der Waals surface area contributed by atoms with Gasteiger partial charge in [0.2, 0.25) is 0 Å². The van der Waals surface area contributed by atoms with Crippen LogP contribution in [0.2, 0.25) is 0 Å². The summed E-state index contributed by atoms with van der Waals surface area (Å²) in [5, 5.41) is 13.7. The predicted molar refractivity (Wildman–Crippen MR) is 86.6 cm³/mol. The molecule has 1 aliphatic rings. The molecule has 3 aromatic rings. The maximum Gasteiger partial charge on any atom is 0.112 e. The van der Waals surface area contributed by atoms with Crippen molar-refractivity contribution in [2.45, 2.75) is 12.3 Å². The predicted octanol–water partition coefficient (Wildman–Crippen LogP) is 3.02. The number of thioether (sulfide) groups is 1. The Hall–Kier alpha value is -2.54. The smallest absolute Gasteiger partial charge is 0.112 e. The minimum atomic E-state index is 0.190. The van der Waals surface area contributed by atoms with Crippen LogP contribution in [0.15, 0.2) is 54.9 Å². The molecule has 110 valence electrons. The highest BCUT2D eigenvalue weighted by atomic mass is 32.2. The van der Waals surface area contributed by atoms with Gasteiger partial charge in [0.15, 0.2) is 0 Å². The van der Waals surface area contributed by atoms with Crippen molar-refractivity contribution in [1.29, 1.82) is 0 Å². The molecule has 0 radical (unpaired) electrons. The van der Waals surface area contributed by atoms with Crippen molar-refractivity contribution in [1.82, 2.24) is 25.0 Å². The highest BCUT2D eigenvalue weighted by molar-refractivity contribution is 8.02. The lowest BCUT2D eigenvalue weighted by Gasteiger charge is -2.21. The van der Waals surface area contributed by atoms with Crippen molar-refractivity contribution in [2.75, 3.05) is 4.90 Å². The molecule has 1 N–H and O–H groups in total. The third kappa shape index (κ3) is 2.19. The van der Waals surface area contributed by atoms with Gasteiger partial charge in [0.1, 0.15) is 5.37 Å². The normalized spacial score (nSPS) is 17.3. The fourth-order valence-electron chi connectivity index (χ4n) is 2.48. The average Bonchev–Trinajstić information content (AvgIpc) is 3.27. The summed E-state index contributed by atoms with van der Waals surface area (Å²) in [5.74, 6) is 0. The van der Waals surface area contributed by atoms with E-state index in [1.807, 2.05) is 48.7 Å². The standard InChI is InChI=1S/C15H14N6S/c1-11-6-16-3-2-14(11)21-10-13(9-19-21)20-4-5-22-15(20)12-7-17-18-8-12/h2-10,15H,1H3,(H,17,18). The van der Waals surface area contributed by atoms with Gasteiger partial charge in [0.25, 0.3) is 0 Å². The molecule has 22 heavy (non-hydrogen) atoms. The number of pyridine rings is 1. The Kier molecular flexibility index (Phi) is 3.19. The molecule has 0 saturated carbocycles. The molecule has 0 saturated heterocycles. The van der Waals surface area contributed by atoms with E-state index in [1.54, 1.807) is 18.0 Å². The Morgan fingerprint density at radius 2 is 2.23 bits per heavy atom. The Morgan fingerprint density at radius 3 is 3.05 bits per heavy atom. The number of anilines is 1. The minimum absolute atomic E-state index is 0.190. The first-order valence-electron chi connectivity index (χ1n) is 6.88. The van der Waals surface area contributed by atoms with Crippen LogP contribution in [0.1, 0.15) is 16.5 Å². The van der Waals surface area contributed by atoms with Crippen LogP contribution in [0.3, 0.4) is 0 Å². The van der Waals surface area contributed by atoms with E-state index < -0.39 is 0 Å². The fraction of sp³-hybridized carbons (Fsp3) is 0.133. The molecule has 7 heteroatoms. The van der Waals surface area contributed by atoms with Crippen LogP contribution in [0.5, 0.6) is 0 Å². The van der Waals surface area contributed by atoms with Gasteiger partial charge < -0.3 is 4.90 Å². The molecule has 0 spiro atoms. The highest BCUT2D eigenvalue weighted by Gasteiger charge is 2.25. The van der Waals surface area contributed by atoms with E-state index >= 15 is 0 Å². The lowest BCUT2D eigenvalue weighted by atomic mass is 10.2. The van der Waals surface area contributed by atoms with Crippen molar-refractivity contribution in [3.63, 3.8) is 0 Å². The lowest BCUT2D eigenvalue weighted by molar-refractivity contribution is 0.868. The molecule has 0 amide bonds. The van der Waals surface area contributed by atoms with Gasteiger partial charge in [-0.25, -0.2) is 4.68 Å². The van der Waals surface area contributed by atoms with Gasteiger partial charge in [-0.15, -0.1) is 11.8 Å². The fourth-order valence-corrected chi connectivity index (χ4v) is 3.44. The van der Waals surface area contributed by atoms with Crippen molar-refractivity contribution >= 4 is 17.4 Å². The van der Waals surface area contributed by atoms with Gasteiger partial charge in [0.05, 0.1) is 30.0 Å². The van der Waals surface area contributed by atoms with E-state index in [-0.39, 0.29) is 5.37 Å². The van der Waals surface area contributed by atoms with Crippen LogP contribution in [0, 0.1) is 6.92 Å². The van der Waals surface area contributed by atoms with E-state index in [4.69, 9.17) is 0 Å². The Morgan fingerprint density at radius 1 is 1.27 bits per heavy atom. The second-order valence-electron chi connectivity index (χ2n) is 5.02. The molecule has 3 aromatic heterocycles. The molecule has 0 fully saturated rings. The van der Waals surface area contributed by atoms with E-state index in [9.17, 15) is 0 Å². The van der Waals surface area contributed by atoms with E-state index in [0.29, 0.717) is 0 Å². The molecule has 0 aliphatic carbocycles. The van der Waals surface area contributed by atoms with Crippen LogP contribution in [0.25, 0.3) is 5.69 Å². The number of aromatic nitrogens is 5. The molecule has 0 bridgehead atoms. The third-order valence-electron chi connectivity index (χ3n) is 3.59. The summed E-state index contributed by atoms with van der Waals surface area (Å²) in [6.07, 6.45) is 13.4. The summed E-state index contributed by atoms with van der Waals surface area (Å²) in [6, 6.07) is 1.97. The first kappa shape index (κ1) is 13.1. The summed E-state index contributed by atoms with van der Waals surface area (Å²) >= 11 is 1.75. The summed E-state index contributed by atoms with van der Waals surface area (Å²) in [6.45, 7) is 2.03. The minimum Gasteiger partial charge on any atom is -0.328 e. The van der Waals surface area contributed by atoms with E-state index in [0.717, 1.165) is 22.5 Å². The second-order valence-corrected chi connectivity index (χ2v) is 6.01. The monoisotopic (exact) mass is 310 g/mol. The van der Waals surface area contributed by atoms with Crippen LogP contribution in [-0.2, 0) is 0 Å². The van der Waals surface area contributed by atoms with Gasteiger partial charge in [0, 0.05) is 30.4 Å². The second kappa shape index (κ2) is 5.34. The molecule has 1 unspecified atom stereocenters. The maximum atomic E-state index is 4.49. The van der Waals surface area contributed by atoms with Gasteiger partial charge in [-0.1, -0.05) is 0 Å². The summed E-state index contributed by atoms with van der Waals surface area (Å²) < 4.78 is 1.88. The molecule has 0 aromatic carbocycles. The zero-order chi connectivity index (χ0) is 14.9. The zero-order valence-corrected chi connectivity index (χ0v) is 12.7. The number of rotatable bonds is 3. The SMILES string of the molecule is Cc1cnccc1-n1cc(N2C=CSC2c2cn[nH]c2)cn1. The van der Waals surface area contributed by atoms with Crippen molar-refractivity contribution in [2.24, 2.45) is 0 Å². The van der Waals surface area contributed by atoms with Crippen LogP contribution >= 0.6 is 11.8 Å². The molecule has 4 rings (SSSR count). The van der Waals surface area contributed by atoms with Crippen molar-refractivity contribution < 1.29 is 0 Å². The number of nitrogens with zero attached hydrogens (tertiary/aromatic N) is 5. The number of H-pyrrole nitrogens is 1. The number of hydrogen-bond donors (Lipinski definition) is 1. The summed E-state index contributed by atoms with van der Waals surface area (Å²) in [4.78, 5) is 6.31. The zero-order valence-electron chi connectivity index (χ0n) is 11.9. The molecule has 1 atom stereocenters. The molecular formula is C15H14N6S. The summed E-state index contributed by atoms with van der Waals surface area (Å²) in [5.41, 5.74) is 4.32. The Labute approximate surface area is 131 Å².